The SMILES string of the molecule is O=C(N/N=C/c1ccc([N+](=O)[O-])s1)c1ccc(O)c(Br)c1. The Morgan fingerprint density at radius 1 is 1.43 bits per heavy atom. The number of aromatic hydroxyl groups is 1. The van der Waals surface area contributed by atoms with Crippen molar-refractivity contribution in [1.29, 1.82) is 0 Å². The van der Waals surface area contributed by atoms with Crippen molar-refractivity contribution >= 4 is 44.4 Å². The first-order chi connectivity index (χ1) is 9.97. The number of halogens is 1. The van der Waals surface area contributed by atoms with Gasteiger partial charge in [-0.2, -0.15) is 5.10 Å². The number of amides is 1. The molecule has 1 amide bonds. The van der Waals surface area contributed by atoms with Crippen molar-refractivity contribution in [2.24, 2.45) is 5.10 Å². The third kappa shape index (κ3) is 3.86. The van der Waals surface area contributed by atoms with Crippen LogP contribution in [0.25, 0.3) is 0 Å². The second-order valence-corrected chi connectivity index (χ2v) is 5.75. The Morgan fingerprint density at radius 2 is 2.19 bits per heavy atom. The molecule has 9 heteroatoms. The van der Waals surface area contributed by atoms with Crippen molar-refractivity contribution in [3.63, 3.8) is 0 Å². The zero-order chi connectivity index (χ0) is 15.4. The van der Waals surface area contributed by atoms with Crippen LogP contribution in [0.4, 0.5) is 5.00 Å². The normalized spacial score (nSPS) is 10.7. The molecule has 1 aromatic heterocycles. The number of thiophene rings is 1. The Bertz CT molecular complexity index is 729. The van der Waals surface area contributed by atoms with E-state index in [-0.39, 0.29) is 10.8 Å². The summed E-state index contributed by atoms with van der Waals surface area (Å²) in [7, 11) is 0. The van der Waals surface area contributed by atoms with Crippen LogP contribution in [0.2, 0.25) is 0 Å². The molecule has 0 fully saturated rings. The molecule has 2 rings (SSSR count). The van der Waals surface area contributed by atoms with Crippen LogP contribution in [0.3, 0.4) is 0 Å². The van der Waals surface area contributed by atoms with E-state index in [4.69, 9.17) is 0 Å². The number of hydrazone groups is 1. The van der Waals surface area contributed by atoms with Gasteiger partial charge < -0.3 is 5.11 Å². The van der Waals surface area contributed by atoms with E-state index >= 15 is 0 Å². The monoisotopic (exact) mass is 369 g/mol. The van der Waals surface area contributed by atoms with Gasteiger partial charge in [0, 0.05) is 11.6 Å². The number of nitrogens with zero attached hydrogens (tertiary/aromatic N) is 2. The van der Waals surface area contributed by atoms with E-state index in [9.17, 15) is 20.0 Å². The Hall–Kier alpha value is -2.26. The molecule has 0 aliphatic rings. The molecule has 0 bridgehead atoms. The van der Waals surface area contributed by atoms with Crippen molar-refractivity contribution < 1.29 is 14.8 Å². The Morgan fingerprint density at radius 3 is 2.81 bits per heavy atom. The van der Waals surface area contributed by atoms with Crippen LogP contribution >= 0.6 is 27.3 Å². The molecule has 0 saturated heterocycles. The number of phenols is 1. The Labute approximate surface area is 131 Å². The number of rotatable bonds is 4. The molecular formula is C12H8BrN3O4S. The largest absolute Gasteiger partial charge is 0.507 e. The molecule has 0 unspecified atom stereocenters. The minimum atomic E-state index is -0.492. The van der Waals surface area contributed by atoms with E-state index in [1.54, 1.807) is 0 Å². The molecule has 0 radical (unpaired) electrons. The summed E-state index contributed by atoms with van der Waals surface area (Å²) in [6.07, 6.45) is 1.32. The smallest absolute Gasteiger partial charge is 0.324 e. The quantitative estimate of drug-likeness (QED) is 0.490. The fourth-order valence-corrected chi connectivity index (χ4v) is 2.45. The first kappa shape index (κ1) is 15.1. The highest BCUT2D eigenvalue weighted by Crippen LogP contribution is 2.24. The summed E-state index contributed by atoms with van der Waals surface area (Å²) >= 11 is 4.06. The van der Waals surface area contributed by atoms with Gasteiger partial charge in [0.25, 0.3) is 5.91 Å². The van der Waals surface area contributed by atoms with Crippen molar-refractivity contribution in [3.05, 3.63) is 55.4 Å². The number of carbonyl (C=O) groups is 1. The Kier molecular flexibility index (Phi) is 4.66. The lowest BCUT2D eigenvalue weighted by molar-refractivity contribution is -0.380. The number of nitrogens with one attached hydrogen (secondary N) is 1. The fraction of sp³-hybridized carbons (Fsp3) is 0. The molecular weight excluding hydrogens is 362 g/mol. The van der Waals surface area contributed by atoms with E-state index in [0.29, 0.717) is 14.9 Å². The predicted octanol–water partition coefficient (Wildman–Crippen LogP) is 2.89. The maximum atomic E-state index is 11.8. The number of carbonyl (C=O) groups excluding carboxylic acids is 1. The minimum absolute atomic E-state index is 0.00485. The van der Waals surface area contributed by atoms with E-state index in [1.165, 1.54) is 36.5 Å². The summed E-state index contributed by atoms with van der Waals surface area (Å²) in [6.45, 7) is 0. The average Bonchev–Trinajstić information content (AvgIpc) is 2.91. The van der Waals surface area contributed by atoms with Gasteiger partial charge in [0.05, 0.1) is 20.5 Å². The summed E-state index contributed by atoms with van der Waals surface area (Å²) < 4.78 is 0.396. The fourth-order valence-electron chi connectivity index (χ4n) is 1.38. The molecule has 7 nitrogen and oxygen atoms in total. The molecule has 1 heterocycles. The molecule has 0 aliphatic carbocycles. The summed E-state index contributed by atoms with van der Waals surface area (Å²) in [4.78, 5) is 22.4. The van der Waals surface area contributed by atoms with Gasteiger partial charge in [-0.25, -0.2) is 5.43 Å². The second kappa shape index (κ2) is 6.46. The van der Waals surface area contributed by atoms with Crippen LogP contribution in [-0.2, 0) is 0 Å². The lowest BCUT2D eigenvalue weighted by atomic mass is 10.2. The third-order valence-corrected chi connectivity index (χ3v) is 3.97. The van der Waals surface area contributed by atoms with Crippen molar-refractivity contribution in [2.75, 3.05) is 0 Å². The molecule has 0 spiro atoms. The highest BCUT2D eigenvalue weighted by atomic mass is 79.9. The van der Waals surface area contributed by atoms with Gasteiger partial charge in [-0.3, -0.25) is 14.9 Å². The van der Waals surface area contributed by atoms with Crippen LogP contribution in [0.1, 0.15) is 15.2 Å². The number of hydrogen-bond acceptors (Lipinski definition) is 6. The van der Waals surface area contributed by atoms with Crippen molar-refractivity contribution in [2.45, 2.75) is 0 Å². The number of benzene rings is 1. The van der Waals surface area contributed by atoms with E-state index in [2.05, 4.69) is 26.5 Å². The van der Waals surface area contributed by atoms with Gasteiger partial charge in [0.2, 0.25) is 0 Å². The van der Waals surface area contributed by atoms with E-state index in [1.807, 2.05) is 0 Å². The van der Waals surface area contributed by atoms with Crippen LogP contribution in [-0.4, -0.2) is 22.2 Å². The second-order valence-electron chi connectivity index (χ2n) is 3.80. The molecule has 0 saturated carbocycles. The first-order valence-corrected chi connectivity index (χ1v) is 7.14. The van der Waals surface area contributed by atoms with Gasteiger partial charge in [0.1, 0.15) is 5.75 Å². The molecule has 2 aromatic rings. The third-order valence-electron chi connectivity index (χ3n) is 2.36. The van der Waals surface area contributed by atoms with Crippen LogP contribution in [0, 0.1) is 10.1 Å². The molecule has 108 valence electrons. The highest BCUT2D eigenvalue weighted by molar-refractivity contribution is 9.10. The maximum absolute atomic E-state index is 11.8. The number of phenolic OH excluding ortho intramolecular Hbond substituents is 1. The summed E-state index contributed by atoms with van der Waals surface area (Å²) in [5, 5.41) is 23.6. The van der Waals surface area contributed by atoms with Crippen LogP contribution < -0.4 is 5.43 Å². The lowest BCUT2D eigenvalue weighted by Crippen LogP contribution is -2.17. The average molecular weight is 370 g/mol. The van der Waals surface area contributed by atoms with Gasteiger partial charge >= 0.3 is 5.00 Å². The molecule has 2 N–H and O–H groups in total. The Balaban J connectivity index is 2.01. The summed E-state index contributed by atoms with van der Waals surface area (Å²) in [5.74, 6) is -0.432. The molecule has 21 heavy (non-hydrogen) atoms. The zero-order valence-electron chi connectivity index (χ0n) is 10.3. The zero-order valence-corrected chi connectivity index (χ0v) is 12.7. The van der Waals surface area contributed by atoms with Gasteiger partial charge in [-0.05, 0) is 40.2 Å². The standard InChI is InChI=1S/C12H8BrN3O4S/c13-9-5-7(1-3-10(9)17)12(18)15-14-6-8-2-4-11(21-8)16(19)20/h1-6,17H,(H,15,18)/b14-6+. The maximum Gasteiger partial charge on any atom is 0.324 e. The first-order valence-electron chi connectivity index (χ1n) is 5.53. The lowest BCUT2D eigenvalue weighted by Gasteiger charge is -2.01. The van der Waals surface area contributed by atoms with Gasteiger partial charge in [-0.15, -0.1) is 0 Å². The van der Waals surface area contributed by atoms with Crippen LogP contribution in [0.15, 0.2) is 39.9 Å². The van der Waals surface area contributed by atoms with Gasteiger partial charge in [-0.1, -0.05) is 11.3 Å². The van der Waals surface area contributed by atoms with E-state index in [0.717, 1.165) is 11.3 Å². The number of hydrogen-bond donors (Lipinski definition) is 2. The van der Waals surface area contributed by atoms with E-state index < -0.39 is 10.8 Å². The minimum Gasteiger partial charge on any atom is -0.507 e. The molecule has 0 atom stereocenters. The van der Waals surface area contributed by atoms with Crippen molar-refractivity contribution in [1.82, 2.24) is 5.43 Å². The number of nitro groups is 1. The summed E-state index contributed by atoms with van der Waals surface area (Å²) in [5.41, 5.74) is 2.61. The van der Waals surface area contributed by atoms with Crippen LogP contribution in [0.5, 0.6) is 5.75 Å². The topological polar surface area (TPSA) is 105 Å². The summed E-state index contributed by atoms with van der Waals surface area (Å²) in [6, 6.07) is 7.18. The van der Waals surface area contributed by atoms with Gasteiger partial charge in [0.15, 0.2) is 0 Å². The molecule has 0 aliphatic heterocycles. The highest BCUT2D eigenvalue weighted by Gasteiger charge is 2.09. The molecule has 1 aromatic carbocycles. The van der Waals surface area contributed by atoms with Crippen molar-refractivity contribution in [3.8, 4) is 5.75 Å². The predicted molar refractivity (Wildman–Crippen MR) is 81.8 cm³/mol.